The number of carbonyl (C=O) groups excluding carboxylic acids is 1. The Bertz CT molecular complexity index is 343. The third kappa shape index (κ3) is 2.31. The number of aromatic nitrogens is 1. The van der Waals surface area contributed by atoms with Gasteiger partial charge in [0.15, 0.2) is 16.5 Å². The first-order chi connectivity index (χ1) is 6.32. The van der Waals surface area contributed by atoms with Crippen molar-refractivity contribution in [2.45, 2.75) is 20.0 Å². The van der Waals surface area contributed by atoms with Crippen LogP contribution >= 0.6 is 11.3 Å². The second kappa shape index (κ2) is 3.68. The van der Waals surface area contributed by atoms with Crippen LogP contribution < -0.4 is 0 Å². The summed E-state index contributed by atoms with van der Waals surface area (Å²) in [5.41, 5.74) is -0.994. The molecule has 0 atom stereocenters. The number of alkyl halides is 3. The van der Waals surface area contributed by atoms with Gasteiger partial charge in [0.25, 0.3) is 0 Å². The van der Waals surface area contributed by atoms with Crippen LogP contribution in [0.15, 0.2) is 5.38 Å². The van der Waals surface area contributed by atoms with Crippen LogP contribution in [0.5, 0.6) is 0 Å². The van der Waals surface area contributed by atoms with E-state index in [1.54, 1.807) is 13.8 Å². The first-order valence-electron chi connectivity index (χ1n) is 3.89. The second-order valence-corrected chi connectivity index (χ2v) is 3.91. The van der Waals surface area contributed by atoms with Gasteiger partial charge in [-0.25, -0.2) is 4.98 Å². The van der Waals surface area contributed by atoms with E-state index in [-0.39, 0.29) is 16.7 Å². The largest absolute Gasteiger partial charge is 0.434 e. The molecule has 0 aliphatic carbocycles. The third-order valence-corrected chi connectivity index (χ3v) is 2.39. The summed E-state index contributed by atoms with van der Waals surface area (Å²) in [6.07, 6.45) is -4.47. The van der Waals surface area contributed by atoms with Crippen LogP contribution in [-0.2, 0) is 6.18 Å². The zero-order valence-electron chi connectivity index (χ0n) is 7.55. The minimum Gasteiger partial charge on any atom is -0.291 e. The van der Waals surface area contributed by atoms with Crippen molar-refractivity contribution in [1.82, 2.24) is 4.98 Å². The second-order valence-electron chi connectivity index (χ2n) is 3.05. The summed E-state index contributed by atoms with van der Waals surface area (Å²) in [7, 11) is 0. The van der Waals surface area contributed by atoms with E-state index in [0.717, 1.165) is 16.7 Å². The molecule has 6 heteroatoms. The van der Waals surface area contributed by atoms with Gasteiger partial charge in [-0.05, 0) is 0 Å². The molecule has 1 heterocycles. The van der Waals surface area contributed by atoms with Crippen molar-refractivity contribution in [2.24, 2.45) is 5.92 Å². The van der Waals surface area contributed by atoms with Gasteiger partial charge in [0, 0.05) is 11.3 Å². The summed E-state index contributed by atoms with van der Waals surface area (Å²) in [5, 5.41) is 0.780. The molecule has 0 fully saturated rings. The fourth-order valence-electron chi connectivity index (χ4n) is 0.764. The normalized spacial score (nSPS) is 12.1. The molecule has 0 amide bonds. The molecule has 1 rings (SSSR count). The van der Waals surface area contributed by atoms with Crippen molar-refractivity contribution >= 4 is 17.1 Å². The molecule has 1 aromatic heterocycles. The van der Waals surface area contributed by atoms with Crippen LogP contribution in [0.3, 0.4) is 0 Å². The summed E-state index contributed by atoms with van der Waals surface area (Å²) in [6.45, 7) is 3.24. The number of hydrogen-bond acceptors (Lipinski definition) is 3. The lowest BCUT2D eigenvalue weighted by Gasteiger charge is -2.01. The van der Waals surface area contributed by atoms with Gasteiger partial charge >= 0.3 is 6.18 Å². The number of nitrogens with zero attached hydrogens (tertiary/aromatic N) is 1. The molecule has 0 saturated heterocycles. The van der Waals surface area contributed by atoms with E-state index in [4.69, 9.17) is 0 Å². The standard InChI is InChI=1S/C8H8F3NOS/c1-4(2)6(13)7-12-5(3-14-7)8(9,10)11/h3-4H,1-2H3. The summed E-state index contributed by atoms with van der Waals surface area (Å²) in [4.78, 5) is 14.5. The van der Waals surface area contributed by atoms with E-state index in [9.17, 15) is 18.0 Å². The maximum atomic E-state index is 12.1. The quantitative estimate of drug-likeness (QED) is 0.721. The highest BCUT2D eigenvalue weighted by Gasteiger charge is 2.34. The zero-order valence-corrected chi connectivity index (χ0v) is 8.37. The minimum atomic E-state index is -4.47. The first-order valence-corrected chi connectivity index (χ1v) is 4.77. The highest BCUT2D eigenvalue weighted by molar-refractivity contribution is 7.11. The fraction of sp³-hybridized carbons (Fsp3) is 0.500. The molecule has 2 nitrogen and oxygen atoms in total. The Morgan fingerprint density at radius 1 is 1.50 bits per heavy atom. The molecule has 0 N–H and O–H groups in total. The van der Waals surface area contributed by atoms with Crippen molar-refractivity contribution in [1.29, 1.82) is 0 Å². The Kier molecular flexibility index (Phi) is 2.94. The van der Waals surface area contributed by atoms with Crippen LogP contribution in [0.25, 0.3) is 0 Å². The summed E-state index contributed by atoms with van der Waals surface area (Å²) in [5.74, 6) is -0.687. The van der Waals surface area contributed by atoms with Gasteiger partial charge in [0.05, 0.1) is 0 Å². The molecule has 1 aromatic rings. The molecule has 14 heavy (non-hydrogen) atoms. The molecular formula is C8H8F3NOS. The molecule has 0 aromatic carbocycles. The van der Waals surface area contributed by atoms with E-state index in [1.807, 2.05) is 0 Å². The highest BCUT2D eigenvalue weighted by atomic mass is 32.1. The Balaban J connectivity index is 2.95. The number of hydrogen-bond donors (Lipinski definition) is 0. The van der Waals surface area contributed by atoms with Crippen molar-refractivity contribution in [3.8, 4) is 0 Å². The van der Waals surface area contributed by atoms with Gasteiger partial charge in [0.2, 0.25) is 0 Å². The molecule has 0 bridgehead atoms. The molecule has 78 valence electrons. The Labute approximate surface area is 82.8 Å². The van der Waals surface area contributed by atoms with E-state index in [0.29, 0.717) is 0 Å². The average Bonchev–Trinajstić information content (AvgIpc) is 2.49. The lowest BCUT2D eigenvalue weighted by atomic mass is 10.1. The fourth-order valence-corrected chi connectivity index (χ4v) is 1.68. The molecule has 0 radical (unpaired) electrons. The van der Waals surface area contributed by atoms with Gasteiger partial charge in [-0.15, -0.1) is 11.3 Å². The Hall–Kier alpha value is -0.910. The van der Waals surface area contributed by atoms with Crippen molar-refractivity contribution < 1.29 is 18.0 Å². The van der Waals surface area contributed by atoms with Crippen LogP contribution in [0, 0.1) is 5.92 Å². The van der Waals surface area contributed by atoms with E-state index < -0.39 is 11.9 Å². The third-order valence-electron chi connectivity index (χ3n) is 1.53. The van der Waals surface area contributed by atoms with Crippen LogP contribution in [-0.4, -0.2) is 10.8 Å². The number of halogens is 3. The van der Waals surface area contributed by atoms with E-state index in [1.165, 1.54) is 0 Å². The predicted octanol–water partition coefficient (Wildman–Crippen LogP) is 3.00. The molecule has 0 aliphatic heterocycles. The maximum Gasteiger partial charge on any atom is 0.434 e. The molecule has 0 unspecified atom stereocenters. The lowest BCUT2D eigenvalue weighted by molar-refractivity contribution is -0.140. The van der Waals surface area contributed by atoms with Gasteiger partial charge in [-0.2, -0.15) is 13.2 Å². The zero-order chi connectivity index (χ0) is 10.9. The Morgan fingerprint density at radius 2 is 2.07 bits per heavy atom. The van der Waals surface area contributed by atoms with Gasteiger partial charge in [0.1, 0.15) is 0 Å². The van der Waals surface area contributed by atoms with Gasteiger partial charge in [-0.3, -0.25) is 4.79 Å². The summed E-state index contributed by atoms with van der Waals surface area (Å²) < 4.78 is 36.3. The first kappa shape index (κ1) is 11.2. The van der Waals surface area contributed by atoms with Crippen LogP contribution in [0.4, 0.5) is 13.2 Å². The molecule has 0 spiro atoms. The predicted molar refractivity (Wildman–Crippen MR) is 46.3 cm³/mol. The van der Waals surface area contributed by atoms with E-state index >= 15 is 0 Å². The lowest BCUT2D eigenvalue weighted by Crippen LogP contribution is -2.10. The molecule has 0 saturated carbocycles. The van der Waals surface area contributed by atoms with E-state index in [2.05, 4.69) is 4.98 Å². The van der Waals surface area contributed by atoms with Crippen LogP contribution in [0.1, 0.15) is 29.3 Å². The number of rotatable bonds is 2. The number of ketones is 1. The number of thiazole rings is 1. The number of Topliss-reactive ketones (excluding diaryl/α,β-unsaturated/α-hetero) is 1. The SMILES string of the molecule is CC(C)C(=O)c1nc(C(F)(F)F)cs1. The smallest absolute Gasteiger partial charge is 0.291 e. The average molecular weight is 223 g/mol. The summed E-state index contributed by atoms with van der Waals surface area (Å²) in [6, 6.07) is 0. The topological polar surface area (TPSA) is 30.0 Å². The highest BCUT2D eigenvalue weighted by Crippen LogP contribution is 2.30. The maximum absolute atomic E-state index is 12.1. The van der Waals surface area contributed by atoms with Crippen molar-refractivity contribution in [2.75, 3.05) is 0 Å². The van der Waals surface area contributed by atoms with Gasteiger partial charge < -0.3 is 0 Å². The monoisotopic (exact) mass is 223 g/mol. The van der Waals surface area contributed by atoms with Crippen LogP contribution in [0.2, 0.25) is 0 Å². The number of carbonyl (C=O) groups is 1. The minimum absolute atomic E-state index is 0.0766. The van der Waals surface area contributed by atoms with Crippen molar-refractivity contribution in [3.05, 3.63) is 16.1 Å². The Morgan fingerprint density at radius 3 is 2.43 bits per heavy atom. The molecule has 0 aliphatic rings. The summed E-state index contributed by atoms with van der Waals surface area (Å²) >= 11 is 0.732. The van der Waals surface area contributed by atoms with Crippen molar-refractivity contribution in [3.63, 3.8) is 0 Å². The van der Waals surface area contributed by atoms with Gasteiger partial charge in [-0.1, -0.05) is 13.8 Å². The molecular weight excluding hydrogens is 215 g/mol.